The maximum atomic E-state index is 12.5. The number of hydrogen-bond acceptors (Lipinski definition) is 2. The zero-order valence-electron chi connectivity index (χ0n) is 11.0. The average Bonchev–Trinajstić information content (AvgIpc) is 2.42. The van der Waals surface area contributed by atoms with Crippen molar-refractivity contribution in [1.82, 2.24) is 10.2 Å². The van der Waals surface area contributed by atoms with Gasteiger partial charge >= 0.3 is 0 Å². The SMILES string of the molecule is CN(CC1CCNCC1)C(=O)c1cc(I)ccc1Br. The number of piperidine rings is 1. The maximum Gasteiger partial charge on any atom is 0.254 e. The molecule has 2 rings (SSSR count). The number of carbonyl (C=O) groups is 1. The molecule has 5 heteroatoms. The van der Waals surface area contributed by atoms with Crippen molar-refractivity contribution in [2.45, 2.75) is 12.8 Å². The van der Waals surface area contributed by atoms with Gasteiger partial charge in [0.05, 0.1) is 5.56 Å². The molecule has 0 radical (unpaired) electrons. The molecule has 0 spiro atoms. The largest absolute Gasteiger partial charge is 0.341 e. The predicted octanol–water partition coefficient (Wildman–Crippen LogP) is 3.13. The van der Waals surface area contributed by atoms with Crippen molar-refractivity contribution in [3.8, 4) is 0 Å². The fourth-order valence-electron chi connectivity index (χ4n) is 2.40. The van der Waals surface area contributed by atoms with Crippen molar-refractivity contribution >= 4 is 44.4 Å². The van der Waals surface area contributed by atoms with E-state index in [-0.39, 0.29) is 5.91 Å². The first-order valence-electron chi connectivity index (χ1n) is 6.49. The van der Waals surface area contributed by atoms with Gasteiger partial charge in [0, 0.05) is 21.6 Å². The monoisotopic (exact) mass is 436 g/mol. The molecule has 1 N–H and O–H groups in total. The van der Waals surface area contributed by atoms with E-state index in [9.17, 15) is 4.79 Å². The van der Waals surface area contributed by atoms with Gasteiger partial charge in [-0.2, -0.15) is 0 Å². The fourth-order valence-corrected chi connectivity index (χ4v) is 3.31. The Balaban J connectivity index is 2.03. The van der Waals surface area contributed by atoms with Crippen molar-refractivity contribution in [3.05, 3.63) is 31.8 Å². The lowest BCUT2D eigenvalue weighted by Crippen LogP contribution is -2.37. The third-order valence-corrected chi connectivity index (χ3v) is 4.86. The Morgan fingerprint density at radius 3 is 2.84 bits per heavy atom. The number of rotatable bonds is 3. The van der Waals surface area contributed by atoms with E-state index in [4.69, 9.17) is 0 Å². The minimum atomic E-state index is 0.101. The quantitative estimate of drug-likeness (QED) is 0.738. The van der Waals surface area contributed by atoms with Crippen molar-refractivity contribution < 1.29 is 4.79 Å². The second kappa shape index (κ2) is 7.04. The number of halogens is 2. The average molecular weight is 437 g/mol. The molecule has 0 atom stereocenters. The second-order valence-corrected chi connectivity index (χ2v) is 7.10. The number of benzene rings is 1. The molecule has 1 heterocycles. The summed E-state index contributed by atoms with van der Waals surface area (Å²) in [7, 11) is 1.90. The number of nitrogens with one attached hydrogen (secondary N) is 1. The molecule has 0 aliphatic carbocycles. The molecule has 0 unspecified atom stereocenters. The van der Waals surface area contributed by atoms with Crippen LogP contribution in [0.1, 0.15) is 23.2 Å². The molecule has 19 heavy (non-hydrogen) atoms. The standard InChI is InChI=1S/C14H18BrIN2O/c1-18(9-10-4-6-17-7-5-10)14(19)12-8-11(16)2-3-13(12)15/h2-3,8,10,17H,4-7,9H2,1H3. The molecule has 1 aliphatic rings. The number of amides is 1. The Kier molecular flexibility index (Phi) is 5.65. The summed E-state index contributed by atoms with van der Waals surface area (Å²) in [4.78, 5) is 14.3. The molecule has 0 bridgehead atoms. The second-order valence-electron chi connectivity index (χ2n) is 5.00. The van der Waals surface area contributed by atoms with Gasteiger partial charge in [0.1, 0.15) is 0 Å². The van der Waals surface area contributed by atoms with Crippen LogP contribution in [0.5, 0.6) is 0 Å². The minimum Gasteiger partial charge on any atom is -0.341 e. The first kappa shape index (κ1) is 15.3. The van der Waals surface area contributed by atoms with Gasteiger partial charge in [0.2, 0.25) is 0 Å². The summed E-state index contributed by atoms with van der Waals surface area (Å²) in [6, 6.07) is 5.87. The third kappa shape index (κ3) is 4.16. The Labute approximate surface area is 136 Å². The molecule has 0 saturated carbocycles. The molecule has 1 aliphatic heterocycles. The van der Waals surface area contributed by atoms with Crippen LogP contribution >= 0.6 is 38.5 Å². The van der Waals surface area contributed by atoms with Crippen LogP contribution in [0.15, 0.2) is 22.7 Å². The summed E-state index contributed by atoms with van der Waals surface area (Å²) in [5.41, 5.74) is 0.753. The van der Waals surface area contributed by atoms with E-state index in [1.165, 1.54) is 0 Å². The maximum absolute atomic E-state index is 12.5. The van der Waals surface area contributed by atoms with Crippen LogP contribution in [0.3, 0.4) is 0 Å². The Morgan fingerprint density at radius 1 is 1.47 bits per heavy atom. The van der Waals surface area contributed by atoms with Gasteiger partial charge in [-0.05, 0) is 88.6 Å². The molecular formula is C14H18BrIN2O. The molecule has 1 amide bonds. The van der Waals surface area contributed by atoms with Crippen molar-refractivity contribution in [3.63, 3.8) is 0 Å². The van der Waals surface area contributed by atoms with E-state index in [0.29, 0.717) is 5.92 Å². The molecule has 3 nitrogen and oxygen atoms in total. The highest BCUT2D eigenvalue weighted by Crippen LogP contribution is 2.22. The zero-order valence-corrected chi connectivity index (χ0v) is 14.7. The van der Waals surface area contributed by atoms with Crippen LogP contribution in [0.2, 0.25) is 0 Å². The lowest BCUT2D eigenvalue weighted by molar-refractivity contribution is 0.0762. The van der Waals surface area contributed by atoms with Gasteiger partial charge in [-0.15, -0.1) is 0 Å². The van der Waals surface area contributed by atoms with E-state index in [1.54, 1.807) is 0 Å². The molecule has 104 valence electrons. The highest BCUT2D eigenvalue weighted by molar-refractivity contribution is 14.1. The van der Waals surface area contributed by atoms with Crippen LogP contribution in [0.25, 0.3) is 0 Å². The van der Waals surface area contributed by atoms with Crippen LogP contribution < -0.4 is 5.32 Å². The third-order valence-electron chi connectivity index (χ3n) is 3.50. The van der Waals surface area contributed by atoms with E-state index in [0.717, 1.165) is 46.1 Å². The number of nitrogens with zero attached hydrogens (tertiary/aromatic N) is 1. The molecule has 1 fully saturated rings. The van der Waals surface area contributed by atoms with Crippen molar-refractivity contribution in [1.29, 1.82) is 0 Å². The summed E-state index contributed by atoms with van der Waals surface area (Å²) in [5, 5.41) is 3.35. The van der Waals surface area contributed by atoms with Gasteiger partial charge in [0.25, 0.3) is 5.91 Å². The smallest absolute Gasteiger partial charge is 0.254 e. The summed E-state index contributed by atoms with van der Waals surface area (Å²) >= 11 is 5.70. The molecular weight excluding hydrogens is 419 g/mol. The molecule has 0 aromatic heterocycles. The number of carbonyl (C=O) groups excluding carboxylic acids is 1. The number of hydrogen-bond donors (Lipinski definition) is 1. The van der Waals surface area contributed by atoms with Gasteiger partial charge < -0.3 is 10.2 Å². The highest BCUT2D eigenvalue weighted by atomic mass is 127. The molecule has 1 aromatic carbocycles. The van der Waals surface area contributed by atoms with Crippen LogP contribution in [0, 0.1) is 9.49 Å². The van der Waals surface area contributed by atoms with E-state index < -0.39 is 0 Å². The topological polar surface area (TPSA) is 32.3 Å². The van der Waals surface area contributed by atoms with Gasteiger partial charge in [-0.25, -0.2) is 0 Å². The predicted molar refractivity (Wildman–Crippen MR) is 89.4 cm³/mol. The summed E-state index contributed by atoms with van der Waals surface area (Å²) in [6.07, 6.45) is 2.32. The molecule has 1 aromatic rings. The van der Waals surface area contributed by atoms with E-state index >= 15 is 0 Å². The minimum absolute atomic E-state index is 0.101. The van der Waals surface area contributed by atoms with Crippen LogP contribution in [0.4, 0.5) is 0 Å². The van der Waals surface area contributed by atoms with Crippen LogP contribution in [-0.2, 0) is 0 Å². The van der Waals surface area contributed by atoms with Crippen molar-refractivity contribution in [2.75, 3.05) is 26.7 Å². The first-order chi connectivity index (χ1) is 9.08. The first-order valence-corrected chi connectivity index (χ1v) is 8.36. The Hall–Kier alpha value is -0.140. The summed E-state index contributed by atoms with van der Waals surface area (Å²) in [6.45, 7) is 2.98. The van der Waals surface area contributed by atoms with Crippen LogP contribution in [-0.4, -0.2) is 37.5 Å². The normalized spacial score (nSPS) is 16.4. The zero-order chi connectivity index (χ0) is 13.8. The van der Waals surface area contributed by atoms with Gasteiger partial charge in [-0.1, -0.05) is 0 Å². The van der Waals surface area contributed by atoms with E-state index in [1.807, 2.05) is 30.1 Å². The lowest BCUT2D eigenvalue weighted by Gasteiger charge is -2.27. The van der Waals surface area contributed by atoms with Gasteiger partial charge in [-0.3, -0.25) is 4.79 Å². The summed E-state index contributed by atoms with van der Waals surface area (Å²) < 4.78 is 1.95. The van der Waals surface area contributed by atoms with Gasteiger partial charge in [0.15, 0.2) is 0 Å². The highest BCUT2D eigenvalue weighted by Gasteiger charge is 2.20. The fraction of sp³-hybridized carbons (Fsp3) is 0.500. The van der Waals surface area contributed by atoms with Crippen molar-refractivity contribution in [2.24, 2.45) is 5.92 Å². The Morgan fingerprint density at radius 2 is 2.16 bits per heavy atom. The summed E-state index contributed by atoms with van der Waals surface area (Å²) in [5.74, 6) is 0.723. The molecule has 1 saturated heterocycles. The Bertz CT molecular complexity index is 461. The lowest BCUT2D eigenvalue weighted by atomic mass is 9.97. The van der Waals surface area contributed by atoms with E-state index in [2.05, 4.69) is 43.8 Å².